The normalized spacial score (nSPS) is 10.4. The lowest BCUT2D eigenvalue weighted by atomic mass is 10.1. The molecular weight excluding hydrogens is 280 g/mol. The molecule has 0 radical (unpaired) electrons. The number of aromatic nitrogens is 3. The van der Waals surface area contributed by atoms with Crippen LogP contribution in [0, 0.1) is 6.92 Å². The largest absolute Gasteiger partial charge is 0.478 e. The van der Waals surface area contributed by atoms with Gasteiger partial charge in [-0.25, -0.2) is 4.79 Å². The van der Waals surface area contributed by atoms with Crippen LogP contribution in [0.1, 0.15) is 21.6 Å². The zero-order valence-electron chi connectivity index (χ0n) is 10.6. The van der Waals surface area contributed by atoms with Crippen LogP contribution in [0.15, 0.2) is 34.2 Å². The average molecular weight is 292 g/mol. The maximum atomic E-state index is 11.6. The molecule has 0 bridgehead atoms. The van der Waals surface area contributed by atoms with Crippen molar-refractivity contribution in [2.45, 2.75) is 17.8 Å². The molecule has 0 aliphatic rings. The number of nitrogens with zero attached hydrogens (tertiary/aromatic N) is 3. The topological polar surface area (TPSA) is 111 Å². The summed E-state index contributed by atoms with van der Waals surface area (Å²) in [7, 11) is 0. The van der Waals surface area contributed by atoms with Crippen molar-refractivity contribution in [3.8, 4) is 0 Å². The monoisotopic (exact) mass is 292 g/mol. The van der Waals surface area contributed by atoms with Gasteiger partial charge in [0.15, 0.2) is 0 Å². The molecule has 1 aromatic carbocycles. The highest BCUT2D eigenvalue weighted by atomic mass is 32.2. The summed E-state index contributed by atoms with van der Waals surface area (Å²) in [6, 6.07) is 6.46. The van der Waals surface area contributed by atoms with Gasteiger partial charge in [0, 0.05) is 5.75 Å². The second-order valence-corrected chi connectivity index (χ2v) is 4.98. The van der Waals surface area contributed by atoms with Crippen LogP contribution < -0.4 is 11.4 Å². The van der Waals surface area contributed by atoms with Gasteiger partial charge in [-0.1, -0.05) is 23.9 Å². The minimum atomic E-state index is -0.968. The average Bonchev–Trinajstić information content (AvgIpc) is 2.44. The molecule has 0 amide bonds. The summed E-state index contributed by atoms with van der Waals surface area (Å²) in [6.07, 6.45) is 0. The second kappa shape index (κ2) is 5.74. The van der Waals surface area contributed by atoms with Crippen LogP contribution in [-0.4, -0.2) is 25.9 Å². The van der Waals surface area contributed by atoms with Crippen LogP contribution in [0.25, 0.3) is 0 Å². The smallest absolute Gasteiger partial charge is 0.335 e. The summed E-state index contributed by atoms with van der Waals surface area (Å²) in [4.78, 5) is 22.3. The number of benzene rings is 1. The fourth-order valence-electron chi connectivity index (χ4n) is 1.46. The molecule has 0 spiro atoms. The van der Waals surface area contributed by atoms with Gasteiger partial charge in [-0.2, -0.15) is 4.68 Å². The molecule has 2 rings (SSSR count). The van der Waals surface area contributed by atoms with Gasteiger partial charge in [0.25, 0.3) is 5.56 Å². The van der Waals surface area contributed by atoms with E-state index in [2.05, 4.69) is 10.2 Å². The molecule has 8 heteroatoms. The Morgan fingerprint density at radius 3 is 2.60 bits per heavy atom. The zero-order chi connectivity index (χ0) is 14.7. The highest BCUT2D eigenvalue weighted by Gasteiger charge is 2.08. The van der Waals surface area contributed by atoms with E-state index in [1.165, 1.54) is 30.8 Å². The van der Waals surface area contributed by atoms with Crippen molar-refractivity contribution < 1.29 is 9.90 Å². The van der Waals surface area contributed by atoms with Crippen molar-refractivity contribution >= 4 is 17.7 Å². The molecule has 0 saturated carbocycles. The van der Waals surface area contributed by atoms with E-state index in [-0.39, 0.29) is 16.8 Å². The number of carboxylic acids is 1. The Kier molecular flexibility index (Phi) is 4.04. The van der Waals surface area contributed by atoms with Gasteiger partial charge in [0.1, 0.15) is 5.69 Å². The van der Waals surface area contributed by atoms with Crippen molar-refractivity contribution in [2.75, 3.05) is 5.84 Å². The lowest BCUT2D eigenvalue weighted by molar-refractivity contribution is 0.0697. The number of hydrogen-bond acceptors (Lipinski definition) is 6. The molecule has 0 unspecified atom stereocenters. The number of rotatable bonds is 4. The Labute approximate surface area is 118 Å². The van der Waals surface area contributed by atoms with Gasteiger partial charge >= 0.3 is 5.97 Å². The number of aryl methyl sites for hydroxylation is 1. The summed E-state index contributed by atoms with van der Waals surface area (Å²) in [5.41, 5.74) is 0.978. The van der Waals surface area contributed by atoms with Crippen molar-refractivity contribution in [1.29, 1.82) is 0 Å². The third kappa shape index (κ3) is 2.97. The lowest BCUT2D eigenvalue weighted by Crippen LogP contribution is -2.32. The number of hydrogen-bond donors (Lipinski definition) is 2. The van der Waals surface area contributed by atoms with Gasteiger partial charge in [-0.15, -0.1) is 10.2 Å². The van der Waals surface area contributed by atoms with E-state index in [0.29, 0.717) is 10.9 Å². The van der Waals surface area contributed by atoms with Crippen molar-refractivity contribution in [3.05, 3.63) is 51.4 Å². The van der Waals surface area contributed by atoms with Crippen molar-refractivity contribution in [1.82, 2.24) is 14.9 Å². The number of nitrogens with two attached hydrogens (primary N) is 1. The summed E-state index contributed by atoms with van der Waals surface area (Å²) < 4.78 is 0.957. The van der Waals surface area contributed by atoms with Crippen LogP contribution in [0.2, 0.25) is 0 Å². The number of carboxylic acid groups (broad SMARTS) is 1. The first kappa shape index (κ1) is 14.1. The molecular formula is C12H12N4O3S. The summed E-state index contributed by atoms with van der Waals surface area (Å²) in [6.45, 7) is 1.54. The zero-order valence-corrected chi connectivity index (χ0v) is 11.4. The van der Waals surface area contributed by atoms with E-state index in [4.69, 9.17) is 10.9 Å². The van der Waals surface area contributed by atoms with E-state index in [9.17, 15) is 9.59 Å². The molecule has 0 aliphatic heterocycles. The van der Waals surface area contributed by atoms with Crippen LogP contribution in [0.3, 0.4) is 0 Å². The highest BCUT2D eigenvalue weighted by Crippen LogP contribution is 2.18. The Bertz CT molecular complexity index is 697. The predicted octanol–water partition coefficient (Wildman–Crippen LogP) is 0.651. The third-order valence-electron chi connectivity index (χ3n) is 2.59. The van der Waals surface area contributed by atoms with Crippen molar-refractivity contribution in [3.63, 3.8) is 0 Å². The molecule has 0 aliphatic carbocycles. The summed E-state index contributed by atoms with van der Waals surface area (Å²) in [5, 5.41) is 16.7. The molecule has 0 atom stereocenters. The maximum Gasteiger partial charge on any atom is 0.335 e. The summed E-state index contributed by atoms with van der Waals surface area (Å²) in [5.74, 6) is 5.15. The van der Waals surface area contributed by atoms with Crippen LogP contribution >= 0.6 is 11.8 Å². The van der Waals surface area contributed by atoms with E-state index < -0.39 is 5.97 Å². The van der Waals surface area contributed by atoms with Crippen molar-refractivity contribution in [2.24, 2.45) is 0 Å². The Morgan fingerprint density at radius 1 is 1.35 bits per heavy atom. The predicted molar refractivity (Wildman–Crippen MR) is 74.1 cm³/mol. The van der Waals surface area contributed by atoms with Gasteiger partial charge in [0.05, 0.1) is 5.56 Å². The molecule has 0 fully saturated rings. The molecule has 0 saturated heterocycles. The summed E-state index contributed by atoms with van der Waals surface area (Å²) >= 11 is 1.25. The number of carbonyl (C=O) groups is 1. The van der Waals surface area contributed by atoms with Crippen LogP contribution in [0.5, 0.6) is 0 Å². The number of aromatic carboxylic acids is 1. The molecule has 3 N–H and O–H groups in total. The number of nitrogen functional groups attached to an aromatic ring is 1. The van der Waals surface area contributed by atoms with Gasteiger partial charge in [0.2, 0.25) is 5.16 Å². The third-order valence-corrected chi connectivity index (χ3v) is 3.60. The van der Waals surface area contributed by atoms with Crippen LogP contribution in [0.4, 0.5) is 0 Å². The van der Waals surface area contributed by atoms with E-state index in [1.807, 2.05) is 0 Å². The Morgan fingerprint density at radius 2 is 2.00 bits per heavy atom. The highest BCUT2D eigenvalue weighted by molar-refractivity contribution is 7.98. The Balaban J connectivity index is 2.11. The van der Waals surface area contributed by atoms with Gasteiger partial charge in [-0.3, -0.25) is 4.79 Å². The molecule has 104 valence electrons. The molecule has 7 nitrogen and oxygen atoms in total. The molecule has 20 heavy (non-hydrogen) atoms. The fourth-order valence-corrected chi connectivity index (χ4v) is 2.27. The second-order valence-electron chi connectivity index (χ2n) is 4.03. The van der Waals surface area contributed by atoms with E-state index in [0.717, 1.165) is 10.2 Å². The van der Waals surface area contributed by atoms with Gasteiger partial charge < -0.3 is 10.9 Å². The van der Waals surface area contributed by atoms with Crippen LogP contribution in [-0.2, 0) is 5.75 Å². The first-order chi connectivity index (χ1) is 9.49. The Hall–Kier alpha value is -2.35. The first-order valence-corrected chi connectivity index (χ1v) is 6.64. The minimum Gasteiger partial charge on any atom is -0.478 e. The lowest BCUT2D eigenvalue weighted by Gasteiger charge is -2.06. The number of thioether (sulfide) groups is 1. The maximum absolute atomic E-state index is 11.6. The molecule has 2 aromatic rings. The van der Waals surface area contributed by atoms with Gasteiger partial charge in [-0.05, 0) is 24.6 Å². The quantitative estimate of drug-likeness (QED) is 0.628. The minimum absolute atomic E-state index is 0.226. The van der Waals surface area contributed by atoms with E-state index >= 15 is 0 Å². The molecule has 1 heterocycles. The fraction of sp³-hybridized carbons (Fsp3) is 0.167. The first-order valence-electron chi connectivity index (χ1n) is 5.65. The standard InChI is InChI=1S/C12H12N4O3S/c1-7-10(17)16(13)12(15-14-7)20-6-8-2-4-9(5-3-8)11(18)19/h2-5H,6,13H2,1H3,(H,18,19). The SMILES string of the molecule is Cc1nnc(SCc2ccc(C(=O)O)cc2)n(N)c1=O. The molecule has 1 aromatic heterocycles. The van der Waals surface area contributed by atoms with E-state index in [1.54, 1.807) is 12.1 Å².